The Bertz CT molecular complexity index is 915. The lowest BCUT2D eigenvalue weighted by Gasteiger charge is -2.26. The predicted molar refractivity (Wildman–Crippen MR) is 118 cm³/mol. The van der Waals surface area contributed by atoms with Crippen molar-refractivity contribution in [3.05, 3.63) is 59.7 Å². The third kappa shape index (κ3) is 5.44. The van der Waals surface area contributed by atoms with Gasteiger partial charge in [-0.1, -0.05) is 36.4 Å². The summed E-state index contributed by atoms with van der Waals surface area (Å²) in [7, 11) is 0. The van der Waals surface area contributed by atoms with Crippen LogP contribution in [0.3, 0.4) is 0 Å². The largest absolute Gasteiger partial charge is 0.490 e. The molecule has 0 spiro atoms. The molecule has 31 heavy (non-hydrogen) atoms. The Morgan fingerprint density at radius 3 is 2.61 bits per heavy atom. The van der Waals surface area contributed by atoms with Gasteiger partial charge in [0.05, 0.1) is 25.8 Å². The second-order valence-corrected chi connectivity index (χ2v) is 8.31. The van der Waals surface area contributed by atoms with E-state index in [2.05, 4.69) is 22.3 Å². The molecule has 2 aliphatic rings. The highest BCUT2D eigenvalue weighted by Gasteiger charge is 2.29. The molecule has 2 atom stereocenters. The number of ether oxygens (including phenoxy) is 2. The van der Waals surface area contributed by atoms with Crippen LogP contribution < -0.4 is 14.8 Å². The number of benzene rings is 2. The molecule has 0 aromatic heterocycles. The molecule has 0 saturated carbocycles. The van der Waals surface area contributed by atoms with Crippen molar-refractivity contribution in [2.24, 2.45) is 0 Å². The van der Waals surface area contributed by atoms with Gasteiger partial charge in [-0.05, 0) is 56.0 Å². The number of carbonyl (C=O) groups is 2. The van der Waals surface area contributed by atoms with Crippen LogP contribution >= 0.6 is 0 Å². The summed E-state index contributed by atoms with van der Waals surface area (Å²) in [6, 6.07) is 15.5. The van der Waals surface area contributed by atoms with E-state index in [0.29, 0.717) is 19.6 Å². The van der Waals surface area contributed by atoms with Crippen LogP contribution in [0.15, 0.2) is 48.5 Å². The molecule has 6 nitrogen and oxygen atoms in total. The van der Waals surface area contributed by atoms with Crippen molar-refractivity contribution in [3.63, 3.8) is 0 Å². The number of amides is 1. The lowest BCUT2D eigenvalue weighted by atomic mass is 10.0. The van der Waals surface area contributed by atoms with Crippen molar-refractivity contribution in [2.45, 2.75) is 44.7 Å². The number of nitrogens with zero attached hydrogens (tertiary/aromatic N) is 1. The van der Waals surface area contributed by atoms with Crippen molar-refractivity contribution in [3.8, 4) is 11.5 Å². The summed E-state index contributed by atoms with van der Waals surface area (Å²) >= 11 is 0. The number of nitrogens with one attached hydrogen (secondary N) is 1. The second kappa shape index (κ2) is 9.96. The molecule has 2 aliphatic heterocycles. The molecule has 1 N–H and O–H groups in total. The Kier molecular flexibility index (Phi) is 6.87. The van der Waals surface area contributed by atoms with Crippen molar-refractivity contribution in [1.29, 1.82) is 0 Å². The zero-order valence-electron chi connectivity index (χ0n) is 18.0. The van der Waals surface area contributed by atoms with Gasteiger partial charge in [0, 0.05) is 12.5 Å². The van der Waals surface area contributed by atoms with E-state index in [1.807, 2.05) is 36.4 Å². The SMILES string of the molecule is CC(=O)[C@@H](Cc1ccccc1)NC(=O)CN1CCC[C@@H]1c1ccc2c(c1)OCCCO2. The molecule has 4 rings (SSSR count). The number of Topliss-reactive ketones (excluding diaryl/α,β-unsaturated/α-hetero) is 1. The Hall–Kier alpha value is -2.86. The summed E-state index contributed by atoms with van der Waals surface area (Å²) in [6.45, 7) is 3.99. The molecule has 0 bridgehead atoms. The molecule has 2 aromatic carbocycles. The minimum atomic E-state index is -0.506. The number of rotatable bonds is 7. The summed E-state index contributed by atoms with van der Waals surface area (Å²) in [5.41, 5.74) is 2.18. The van der Waals surface area contributed by atoms with E-state index in [1.54, 1.807) is 0 Å². The molecule has 1 amide bonds. The number of carbonyl (C=O) groups excluding carboxylic acids is 2. The van der Waals surface area contributed by atoms with Crippen LogP contribution in [0.4, 0.5) is 0 Å². The molecule has 0 radical (unpaired) electrons. The fourth-order valence-electron chi connectivity index (χ4n) is 4.35. The van der Waals surface area contributed by atoms with E-state index < -0.39 is 6.04 Å². The Labute approximate surface area is 183 Å². The number of fused-ring (bicyclic) bond motifs is 1. The number of likely N-dealkylation sites (tertiary alicyclic amines) is 1. The first-order valence-electron chi connectivity index (χ1n) is 11.1. The molecule has 1 fully saturated rings. The maximum atomic E-state index is 12.8. The van der Waals surface area contributed by atoms with Gasteiger partial charge in [-0.15, -0.1) is 0 Å². The Morgan fingerprint density at radius 2 is 1.84 bits per heavy atom. The summed E-state index contributed by atoms with van der Waals surface area (Å²) in [5.74, 6) is 1.43. The highest BCUT2D eigenvalue weighted by Crippen LogP contribution is 2.37. The first-order chi connectivity index (χ1) is 15.1. The highest BCUT2D eigenvalue weighted by molar-refractivity contribution is 5.88. The zero-order valence-corrected chi connectivity index (χ0v) is 18.0. The van der Waals surface area contributed by atoms with Crippen molar-refractivity contribution in [1.82, 2.24) is 10.2 Å². The van der Waals surface area contributed by atoms with E-state index in [-0.39, 0.29) is 24.3 Å². The minimum Gasteiger partial charge on any atom is -0.490 e. The van der Waals surface area contributed by atoms with Gasteiger partial charge in [0.25, 0.3) is 0 Å². The van der Waals surface area contributed by atoms with Crippen LogP contribution in [0.25, 0.3) is 0 Å². The molecule has 164 valence electrons. The Balaban J connectivity index is 1.40. The van der Waals surface area contributed by atoms with Crippen LogP contribution in [0.1, 0.15) is 43.4 Å². The third-order valence-corrected chi connectivity index (χ3v) is 5.98. The third-order valence-electron chi connectivity index (χ3n) is 5.98. The van der Waals surface area contributed by atoms with Crippen molar-refractivity contribution >= 4 is 11.7 Å². The monoisotopic (exact) mass is 422 g/mol. The summed E-state index contributed by atoms with van der Waals surface area (Å²) in [6.07, 6.45) is 3.41. The summed E-state index contributed by atoms with van der Waals surface area (Å²) < 4.78 is 11.6. The highest BCUT2D eigenvalue weighted by atomic mass is 16.5. The van der Waals surface area contributed by atoms with Crippen molar-refractivity contribution < 1.29 is 19.1 Å². The number of hydrogen-bond acceptors (Lipinski definition) is 5. The van der Waals surface area contributed by atoms with Crippen LogP contribution in [0.2, 0.25) is 0 Å². The van der Waals surface area contributed by atoms with Crippen molar-refractivity contribution in [2.75, 3.05) is 26.3 Å². The fraction of sp³-hybridized carbons (Fsp3) is 0.440. The fourth-order valence-corrected chi connectivity index (χ4v) is 4.35. The molecular weight excluding hydrogens is 392 g/mol. The molecule has 0 unspecified atom stereocenters. The first kappa shape index (κ1) is 21.4. The topological polar surface area (TPSA) is 67.9 Å². The standard InChI is InChI=1S/C25H30N2O4/c1-18(28)21(15-19-7-3-2-4-8-19)26-25(29)17-27-12-5-9-22(27)20-10-11-23-24(16-20)31-14-6-13-30-23/h2-4,7-8,10-11,16,21-22H,5-6,9,12-15,17H2,1H3,(H,26,29)/t21-,22-/m1/s1. The van der Waals surface area contributed by atoms with Gasteiger partial charge in [-0.25, -0.2) is 0 Å². The molecule has 2 aromatic rings. The molecule has 6 heteroatoms. The van der Waals surface area contributed by atoms with Crippen LogP contribution in [0, 0.1) is 0 Å². The maximum Gasteiger partial charge on any atom is 0.234 e. The summed E-state index contributed by atoms with van der Waals surface area (Å²) in [4.78, 5) is 27.1. The average molecular weight is 423 g/mol. The average Bonchev–Trinajstić information content (AvgIpc) is 3.09. The molecule has 1 saturated heterocycles. The number of ketones is 1. The van der Waals surface area contributed by atoms with E-state index in [1.165, 1.54) is 6.92 Å². The van der Waals surface area contributed by atoms with E-state index in [0.717, 1.165) is 48.4 Å². The number of hydrogen-bond donors (Lipinski definition) is 1. The molecule has 0 aliphatic carbocycles. The first-order valence-corrected chi connectivity index (χ1v) is 11.1. The van der Waals surface area contributed by atoms with E-state index in [9.17, 15) is 9.59 Å². The summed E-state index contributed by atoms with van der Waals surface area (Å²) in [5, 5.41) is 2.95. The Morgan fingerprint density at radius 1 is 1.06 bits per heavy atom. The quantitative estimate of drug-likeness (QED) is 0.742. The lowest BCUT2D eigenvalue weighted by molar-refractivity contribution is -0.127. The molecule has 2 heterocycles. The van der Waals surface area contributed by atoms with Gasteiger partial charge >= 0.3 is 0 Å². The van der Waals surface area contributed by atoms with Gasteiger partial charge in [-0.3, -0.25) is 14.5 Å². The van der Waals surface area contributed by atoms with E-state index >= 15 is 0 Å². The lowest BCUT2D eigenvalue weighted by Crippen LogP contribution is -2.45. The van der Waals surface area contributed by atoms with Gasteiger partial charge in [0.1, 0.15) is 0 Å². The molecular formula is C25H30N2O4. The smallest absolute Gasteiger partial charge is 0.234 e. The van der Waals surface area contributed by atoms with Crippen LogP contribution in [0.5, 0.6) is 11.5 Å². The normalized spacial score (nSPS) is 19.5. The van der Waals surface area contributed by atoms with Crippen LogP contribution in [-0.4, -0.2) is 48.9 Å². The van der Waals surface area contributed by atoms with Gasteiger partial charge in [-0.2, -0.15) is 0 Å². The minimum absolute atomic E-state index is 0.0296. The van der Waals surface area contributed by atoms with Gasteiger partial charge in [0.15, 0.2) is 17.3 Å². The zero-order chi connectivity index (χ0) is 21.6. The maximum absolute atomic E-state index is 12.8. The van der Waals surface area contributed by atoms with Crippen LogP contribution in [-0.2, 0) is 16.0 Å². The van der Waals surface area contributed by atoms with Gasteiger partial charge in [0.2, 0.25) is 5.91 Å². The van der Waals surface area contributed by atoms with E-state index in [4.69, 9.17) is 9.47 Å². The predicted octanol–water partition coefficient (Wildman–Crippen LogP) is 3.30. The second-order valence-electron chi connectivity index (χ2n) is 8.31. The van der Waals surface area contributed by atoms with Gasteiger partial charge < -0.3 is 14.8 Å².